The fraction of sp³-hybridized carbons (Fsp3) is 0.417. The molecule has 0 radical (unpaired) electrons. The van der Waals surface area contributed by atoms with Gasteiger partial charge in [0.05, 0.1) is 5.84 Å². The Bertz CT molecular complexity index is 285. The lowest BCUT2D eigenvalue weighted by Crippen LogP contribution is -2.14. The number of nitrogens with one attached hydrogen (secondary N) is 1. The molecule has 0 aliphatic carbocycles. The first-order chi connectivity index (χ1) is 6.74. The van der Waals surface area contributed by atoms with Crippen LogP contribution in [0.3, 0.4) is 0 Å². The molecule has 1 aromatic carbocycles. The second kappa shape index (κ2) is 7.30. The van der Waals surface area contributed by atoms with Crippen LogP contribution in [0, 0.1) is 5.41 Å². The van der Waals surface area contributed by atoms with Crippen LogP contribution in [-0.2, 0) is 0 Å². The van der Waals surface area contributed by atoms with Crippen LogP contribution in [0.25, 0.3) is 0 Å². The standard InChI is InChI=1S/C12H18N2.ClH/c1-2-6-11(9-12(13)14)10-7-4-3-5-8-10;/h3-5,7-8,11H,2,6,9H2,1H3,(H3,13,14);1H. The molecule has 0 aliphatic rings. The molecule has 1 unspecified atom stereocenters. The first kappa shape index (κ1) is 14.0. The summed E-state index contributed by atoms with van der Waals surface area (Å²) in [7, 11) is 0. The summed E-state index contributed by atoms with van der Waals surface area (Å²) in [5.74, 6) is 0.700. The Morgan fingerprint density at radius 2 is 1.93 bits per heavy atom. The molecule has 1 rings (SSSR count). The van der Waals surface area contributed by atoms with Crippen molar-refractivity contribution in [2.75, 3.05) is 0 Å². The van der Waals surface area contributed by atoms with Gasteiger partial charge in [0.15, 0.2) is 0 Å². The fourth-order valence-electron chi connectivity index (χ4n) is 1.73. The molecule has 0 saturated heterocycles. The maximum atomic E-state index is 7.33. The van der Waals surface area contributed by atoms with E-state index in [1.54, 1.807) is 0 Å². The van der Waals surface area contributed by atoms with E-state index in [1.807, 2.05) is 18.2 Å². The SMILES string of the molecule is CCCC(CC(=N)N)c1ccccc1.Cl. The van der Waals surface area contributed by atoms with Crippen LogP contribution >= 0.6 is 12.4 Å². The zero-order chi connectivity index (χ0) is 10.4. The van der Waals surface area contributed by atoms with Crippen LogP contribution in [0.5, 0.6) is 0 Å². The second-order valence-electron chi connectivity index (χ2n) is 3.63. The third kappa shape index (κ3) is 4.84. The first-order valence-corrected chi connectivity index (χ1v) is 5.12. The molecule has 0 aromatic heterocycles. The van der Waals surface area contributed by atoms with Crippen molar-refractivity contribution in [2.45, 2.75) is 32.1 Å². The summed E-state index contributed by atoms with van der Waals surface area (Å²) < 4.78 is 0. The molecule has 0 saturated carbocycles. The summed E-state index contributed by atoms with van der Waals surface area (Å²) in [6.07, 6.45) is 2.91. The smallest absolute Gasteiger partial charge is 0.0911 e. The maximum Gasteiger partial charge on any atom is 0.0911 e. The first-order valence-electron chi connectivity index (χ1n) is 5.12. The molecule has 2 nitrogen and oxygen atoms in total. The molecule has 0 bridgehead atoms. The monoisotopic (exact) mass is 226 g/mol. The van der Waals surface area contributed by atoms with Crippen LogP contribution in [0.1, 0.15) is 37.7 Å². The zero-order valence-corrected chi connectivity index (χ0v) is 9.89. The van der Waals surface area contributed by atoms with Crippen molar-refractivity contribution in [3.05, 3.63) is 35.9 Å². The molecule has 0 spiro atoms. The number of nitrogens with two attached hydrogens (primary N) is 1. The summed E-state index contributed by atoms with van der Waals surface area (Å²) in [6, 6.07) is 10.3. The number of rotatable bonds is 5. The van der Waals surface area contributed by atoms with Crippen molar-refractivity contribution in [3.8, 4) is 0 Å². The molecule has 3 heteroatoms. The molecule has 3 N–H and O–H groups in total. The van der Waals surface area contributed by atoms with E-state index in [0.29, 0.717) is 12.3 Å². The van der Waals surface area contributed by atoms with Crippen molar-refractivity contribution in [3.63, 3.8) is 0 Å². The highest BCUT2D eigenvalue weighted by Crippen LogP contribution is 2.24. The molecule has 0 aliphatic heterocycles. The van der Waals surface area contributed by atoms with Gasteiger partial charge in [-0.2, -0.15) is 0 Å². The van der Waals surface area contributed by atoms with E-state index in [4.69, 9.17) is 11.1 Å². The summed E-state index contributed by atoms with van der Waals surface area (Å²) in [4.78, 5) is 0. The van der Waals surface area contributed by atoms with Crippen LogP contribution in [0.4, 0.5) is 0 Å². The second-order valence-corrected chi connectivity index (χ2v) is 3.63. The van der Waals surface area contributed by atoms with Crippen LogP contribution < -0.4 is 5.73 Å². The quantitative estimate of drug-likeness (QED) is 0.587. The van der Waals surface area contributed by atoms with E-state index in [0.717, 1.165) is 12.8 Å². The van der Waals surface area contributed by atoms with Crippen molar-refractivity contribution in [1.29, 1.82) is 5.41 Å². The van der Waals surface area contributed by atoms with Gasteiger partial charge in [0.25, 0.3) is 0 Å². The van der Waals surface area contributed by atoms with Crippen LogP contribution in [-0.4, -0.2) is 5.84 Å². The Labute approximate surface area is 97.8 Å². The molecular weight excluding hydrogens is 208 g/mol. The molecular formula is C12H19ClN2. The minimum Gasteiger partial charge on any atom is -0.388 e. The molecule has 0 heterocycles. The molecule has 84 valence electrons. The van der Waals surface area contributed by atoms with E-state index in [-0.39, 0.29) is 18.2 Å². The van der Waals surface area contributed by atoms with E-state index in [2.05, 4.69) is 19.1 Å². The third-order valence-electron chi connectivity index (χ3n) is 2.37. The molecule has 1 aromatic rings. The summed E-state index contributed by atoms with van der Waals surface area (Å²) in [5.41, 5.74) is 6.74. The molecule has 0 amide bonds. The lowest BCUT2D eigenvalue weighted by Gasteiger charge is -2.15. The number of halogens is 1. The highest BCUT2D eigenvalue weighted by Gasteiger charge is 2.10. The van der Waals surface area contributed by atoms with Crippen molar-refractivity contribution >= 4 is 18.2 Å². The third-order valence-corrected chi connectivity index (χ3v) is 2.37. The lowest BCUT2D eigenvalue weighted by molar-refractivity contribution is 0.631. The number of benzene rings is 1. The van der Waals surface area contributed by atoms with Crippen molar-refractivity contribution < 1.29 is 0 Å². The number of hydrogen-bond donors (Lipinski definition) is 2. The van der Waals surface area contributed by atoms with Gasteiger partial charge in [0.1, 0.15) is 0 Å². The van der Waals surface area contributed by atoms with Crippen LogP contribution in [0.2, 0.25) is 0 Å². The maximum absolute atomic E-state index is 7.33. The number of amidine groups is 1. The largest absolute Gasteiger partial charge is 0.388 e. The summed E-state index contributed by atoms with van der Waals surface area (Å²) >= 11 is 0. The predicted octanol–water partition coefficient (Wildman–Crippen LogP) is 3.32. The lowest BCUT2D eigenvalue weighted by atomic mass is 9.91. The zero-order valence-electron chi connectivity index (χ0n) is 9.07. The minimum atomic E-state index is 0. The van der Waals surface area contributed by atoms with Crippen molar-refractivity contribution in [2.24, 2.45) is 5.73 Å². The van der Waals surface area contributed by atoms with Gasteiger partial charge in [-0.05, 0) is 17.9 Å². The van der Waals surface area contributed by atoms with Gasteiger partial charge >= 0.3 is 0 Å². The van der Waals surface area contributed by atoms with Crippen molar-refractivity contribution in [1.82, 2.24) is 0 Å². The number of hydrogen-bond acceptors (Lipinski definition) is 1. The molecule has 15 heavy (non-hydrogen) atoms. The van der Waals surface area contributed by atoms with Gasteiger partial charge in [0.2, 0.25) is 0 Å². The summed E-state index contributed by atoms with van der Waals surface area (Å²) in [6.45, 7) is 2.16. The van der Waals surface area contributed by atoms with Gasteiger partial charge in [-0.25, -0.2) is 0 Å². The van der Waals surface area contributed by atoms with E-state index < -0.39 is 0 Å². The average molecular weight is 227 g/mol. The molecule has 1 atom stereocenters. The van der Waals surface area contributed by atoms with Gasteiger partial charge in [-0.1, -0.05) is 43.7 Å². The summed E-state index contributed by atoms with van der Waals surface area (Å²) in [5, 5.41) is 7.33. The van der Waals surface area contributed by atoms with E-state index >= 15 is 0 Å². The Kier molecular flexibility index (Phi) is 6.80. The Morgan fingerprint density at radius 1 is 1.33 bits per heavy atom. The van der Waals surface area contributed by atoms with Crippen LogP contribution in [0.15, 0.2) is 30.3 Å². The predicted molar refractivity (Wildman–Crippen MR) is 67.9 cm³/mol. The van der Waals surface area contributed by atoms with Gasteiger partial charge < -0.3 is 5.73 Å². The average Bonchev–Trinajstić information content (AvgIpc) is 2.18. The van der Waals surface area contributed by atoms with E-state index in [9.17, 15) is 0 Å². The normalized spacial score (nSPS) is 11.5. The highest BCUT2D eigenvalue weighted by molar-refractivity contribution is 5.85. The Morgan fingerprint density at radius 3 is 2.40 bits per heavy atom. The highest BCUT2D eigenvalue weighted by atomic mass is 35.5. The van der Waals surface area contributed by atoms with Gasteiger partial charge in [0, 0.05) is 6.42 Å². The van der Waals surface area contributed by atoms with Gasteiger partial charge in [-0.3, -0.25) is 5.41 Å². The van der Waals surface area contributed by atoms with E-state index in [1.165, 1.54) is 5.56 Å². The topological polar surface area (TPSA) is 49.9 Å². The fourth-order valence-corrected chi connectivity index (χ4v) is 1.73. The molecule has 0 fully saturated rings. The van der Waals surface area contributed by atoms with Gasteiger partial charge in [-0.15, -0.1) is 12.4 Å². The Hall–Kier alpha value is -1.02. The minimum absolute atomic E-state index is 0. The Balaban J connectivity index is 0.00000196.